The van der Waals surface area contributed by atoms with E-state index in [0.717, 1.165) is 34.6 Å². The molecule has 0 fully saturated rings. The summed E-state index contributed by atoms with van der Waals surface area (Å²) < 4.78 is 5.88. The van der Waals surface area contributed by atoms with Crippen molar-refractivity contribution in [1.82, 2.24) is 0 Å². The fraction of sp³-hybridized carbons (Fsp3) is 0.250. The first-order chi connectivity index (χ1) is 9.17. The molecule has 1 aliphatic rings. The lowest BCUT2D eigenvalue weighted by Crippen LogP contribution is -2.05. The molecule has 2 aromatic carbocycles. The van der Waals surface area contributed by atoms with Crippen LogP contribution in [0.15, 0.2) is 36.4 Å². The van der Waals surface area contributed by atoms with E-state index in [4.69, 9.17) is 16.3 Å². The molecule has 0 aliphatic carbocycles. The molecule has 1 aliphatic heterocycles. The summed E-state index contributed by atoms with van der Waals surface area (Å²) in [6.45, 7) is 2.17. The van der Waals surface area contributed by atoms with Gasteiger partial charge in [-0.2, -0.15) is 0 Å². The monoisotopic (exact) mass is 274 g/mol. The zero-order valence-electron chi connectivity index (χ0n) is 10.7. The van der Waals surface area contributed by atoms with Crippen LogP contribution in [-0.2, 0) is 6.42 Å². The summed E-state index contributed by atoms with van der Waals surface area (Å²) in [5.41, 5.74) is 3.44. The Kier molecular flexibility index (Phi) is 3.21. The van der Waals surface area contributed by atoms with Gasteiger partial charge in [0.15, 0.2) is 0 Å². The van der Waals surface area contributed by atoms with Crippen molar-refractivity contribution in [2.24, 2.45) is 0 Å². The molecule has 0 radical (unpaired) electrons. The fourth-order valence-corrected chi connectivity index (χ4v) is 2.50. The summed E-state index contributed by atoms with van der Waals surface area (Å²) >= 11 is 5.98. The normalized spacial score (nSPS) is 14.3. The molecule has 0 bridgehead atoms. The third-order valence-electron chi connectivity index (χ3n) is 3.56. The fourth-order valence-electron chi connectivity index (χ4n) is 2.34. The van der Waals surface area contributed by atoms with Crippen LogP contribution in [-0.4, -0.2) is 11.7 Å². The van der Waals surface area contributed by atoms with E-state index in [9.17, 15) is 5.11 Å². The molecule has 2 nitrogen and oxygen atoms in total. The number of benzene rings is 2. The first-order valence-electron chi connectivity index (χ1n) is 6.37. The standard InChI is InChI=1S/C16H15ClO2/c1-10(9-18)11-3-5-15-13(6-11)7-12-2-4-14(17)8-16(12)19-15/h2-6,8,10,18H,7,9H2,1H3. The third-order valence-corrected chi connectivity index (χ3v) is 3.79. The maximum absolute atomic E-state index is 9.23. The number of aliphatic hydroxyl groups is 1. The van der Waals surface area contributed by atoms with Gasteiger partial charge in [0.25, 0.3) is 0 Å². The second-order valence-electron chi connectivity index (χ2n) is 4.98. The van der Waals surface area contributed by atoms with E-state index in [0.29, 0.717) is 5.02 Å². The van der Waals surface area contributed by atoms with Crippen molar-refractivity contribution in [3.8, 4) is 11.5 Å². The second-order valence-corrected chi connectivity index (χ2v) is 5.42. The molecular formula is C16H15ClO2. The van der Waals surface area contributed by atoms with Gasteiger partial charge >= 0.3 is 0 Å². The van der Waals surface area contributed by atoms with Crippen molar-refractivity contribution in [3.63, 3.8) is 0 Å². The molecule has 0 saturated heterocycles. The summed E-state index contributed by atoms with van der Waals surface area (Å²) in [7, 11) is 0. The van der Waals surface area contributed by atoms with E-state index in [1.54, 1.807) is 0 Å². The lowest BCUT2D eigenvalue weighted by molar-refractivity contribution is 0.273. The molecule has 0 aromatic heterocycles. The molecule has 19 heavy (non-hydrogen) atoms. The van der Waals surface area contributed by atoms with Gasteiger partial charge in [0.2, 0.25) is 0 Å². The van der Waals surface area contributed by atoms with Crippen LogP contribution >= 0.6 is 11.6 Å². The summed E-state index contributed by atoms with van der Waals surface area (Å²) in [5, 5.41) is 9.92. The van der Waals surface area contributed by atoms with Gasteiger partial charge in [-0.1, -0.05) is 36.7 Å². The Morgan fingerprint density at radius 1 is 1.16 bits per heavy atom. The summed E-state index contributed by atoms with van der Waals surface area (Å²) in [4.78, 5) is 0. The molecule has 3 heteroatoms. The third kappa shape index (κ3) is 2.34. The highest BCUT2D eigenvalue weighted by molar-refractivity contribution is 6.30. The van der Waals surface area contributed by atoms with Crippen LogP contribution in [0.3, 0.4) is 0 Å². The molecule has 1 unspecified atom stereocenters. The SMILES string of the molecule is CC(CO)c1ccc2c(c1)Cc1ccc(Cl)cc1O2. The number of fused-ring (bicyclic) bond motifs is 2. The average Bonchev–Trinajstić information content (AvgIpc) is 2.43. The van der Waals surface area contributed by atoms with Crippen molar-refractivity contribution in [3.05, 3.63) is 58.1 Å². The first kappa shape index (κ1) is 12.5. The van der Waals surface area contributed by atoms with E-state index in [-0.39, 0.29) is 12.5 Å². The van der Waals surface area contributed by atoms with E-state index >= 15 is 0 Å². The number of hydrogen-bond donors (Lipinski definition) is 1. The van der Waals surface area contributed by atoms with E-state index in [1.165, 1.54) is 0 Å². The molecule has 98 valence electrons. The van der Waals surface area contributed by atoms with Crippen LogP contribution in [0.5, 0.6) is 11.5 Å². The molecule has 1 heterocycles. The van der Waals surface area contributed by atoms with Crippen molar-refractivity contribution in [1.29, 1.82) is 0 Å². The minimum absolute atomic E-state index is 0.150. The summed E-state index contributed by atoms with van der Waals surface area (Å²) in [6.07, 6.45) is 0.841. The zero-order valence-corrected chi connectivity index (χ0v) is 11.4. The Balaban J connectivity index is 1.98. The maximum Gasteiger partial charge on any atom is 0.132 e. The summed E-state index contributed by atoms with van der Waals surface area (Å²) in [5.74, 6) is 1.86. The van der Waals surface area contributed by atoms with Gasteiger partial charge in [0, 0.05) is 24.0 Å². The second kappa shape index (κ2) is 4.87. The topological polar surface area (TPSA) is 29.5 Å². The van der Waals surface area contributed by atoms with Crippen molar-refractivity contribution >= 4 is 11.6 Å². The Hall–Kier alpha value is -1.51. The van der Waals surface area contributed by atoms with E-state index in [2.05, 4.69) is 6.07 Å². The van der Waals surface area contributed by atoms with Crippen molar-refractivity contribution < 1.29 is 9.84 Å². The van der Waals surface area contributed by atoms with Gasteiger partial charge in [-0.05, 0) is 34.9 Å². The smallest absolute Gasteiger partial charge is 0.132 e. The van der Waals surface area contributed by atoms with Crippen LogP contribution in [0, 0.1) is 0 Å². The van der Waals surface area contributed by atoms with Gasteiger partial charge < -0.3 is 9.84 Å². The molecule has 3 rings (SSSR count). The molecule has 0 saturated carbocycles. The molecule has 2 aromatic rings. The highest BCUT2D eigenvalue weighted by atomic mass is 35.5. The Morgan fingerprint density at radius 3 is 2.79 bits per heavy atom. The number of rotatable bonds is 2. The van der Waals surface area contributed by atoms with Crippen LogP contribution < -0.4 is 4.74 Å². The number of halogens is 1. The quantitative estimate of drug-likeness (QED) is 0.761. The van der Waals surface area contributed by atoms with Crippen molar-refractivity contribution in [2.75, 3.05) is 6.61 Å². The predicted molar refractivity (Wildman–Crippen MR) is 76.3 cm³/mol. The Morgan fingerprint density at radius 2 is 2.00 bits per heavy atom. The molecule has 1 atom stereocenters. The molecule has 0 amide bonds. The number of hydrogen-bond acceptors (Lipinski definition) is 2. The predicted octanol–water partition coefficient (Wildman–Crippen LogP) is 4.13. The maximum atomic E-state index is 9.23. The lowest BCUT2D eigenvalue weighted by atomic mass is 9.94. The van der Waals surface area contributed by atoms with Gasteiger partial charge in [-0.3, -0.25) is 0 Å². The largest absolute Gasteiger partial charge is 0.457 e. The molecule has 0 spiro atoms. The number of aliphatic hydroxyl groups excluding tert-OH is 1. The molecular weight excluding hydrogens is 260 g/mol. The Labute approximate surface area is 117 Å². The minimum Gasteiger partial charge on any atom is -0.457 e. The van der Waals surface area contributed by atoms with Crippen LogP contribution in [0.4, 0.5) is 0 Å². The average molecular weight is 275 g/mol. The van der Waals surface area contributed by atoms with Crippen LogP contribution in [0.2, 0.25) is 5.02 Å². The minimum atomic E-state index is 0.150. The van der Waals surface area contributed by atoms with Gasteiger partial charge in [0.05, 0.1) is 0 Å². The first-order valence-corrected chi connectivity index (χ1v) is 6.75. The van der Waals surface area contributed by atoms with Gasteiger partial charge in [-0.15, -0.1) is 0 Å². The van der Waals surface area contributed by atoms with Gasteiger partial charge in [0.1, 0.15) is 11.5 Å². The van der Waals surface area contributed by atoms with E-state index < -0.39 is 0 Å². The summed E-state index contributed by atoms with van der Waals surface area (Å²) in [6, 6.07) is 11.8. The highest BCUT2D eigenvalue weighted by Gasteiger charge is 2.18. The van der Waals surface area contributed by atoms with Crippen LogP contribution in [0.1, 0.15) is 29.5 Å². The lowest BCUT2D eigenvalue weighted by Gasteiger charge is -2.22. The number of ether oxygens (including phenoxy) is 1. The Bertz CT molecular complexity index is 622. The van der Waals surface area contributed by atoms with E-state index in [1.807, 2.05) is 37.3 Å². The van der Waals surface area contributed by atoms with Gasteiger partial charge in [-0.25, -0.2) is 0 Å². The highest BCUT2D eigenvalue weighted by Crippen LogP contribution is 2.38. The molecule has 1 N–H and O–H groups in total. The zero-order chi connectivity index (χ0) is 13.4. The van der Waals surface area contributed by atoms with Crippen LogP contribution in [0.25, 0.3) is 0 Å². The van der Waals surface area contributed by atoms with Crippen molar-refractivity contribution in [2.45, 2.75) is 19.3 Å².